The van der Waals surface area contributed by atoms with Crippen molar-refractivity contribution in [2.24, 2.45) is 4.99 Å². The third kappa shape index (κ3) is 3.76. The number of rotatable bonds is 4. The first-order valence-electron chi connectivity index (χ1n) is 9.81. The highest BCUT2D eigenvalue weighted by Crippen LogP contribution is 2.37. The molecule has 0 N–H and O–H groups in total. The first-order valence-corrected chi connectivity index (χ1v) is 11.8. The SMILES string of the molecule is COC(=O)CCn1c(=NC(=O)c2sc3ccccc3c2Cl)sc2cc3c(cc21)OCCO3. The van der Waals surface area contributed by atoms with Crippen LogP contribution in [-0.4, -0.2) is 36.8 Å². The molecule has 1 aliphatic heterocycles. The van der Waals surface area contributed by atoms with Gasteiger partial charge in [-0.1, -0.05) is 41.1 Å². The van der Waals surface area contributed by atoms with Crippen molar-refractivity contribution in [1.82, 2.24) is 4.57 Å². The number of thiazole rings is 1. The van der Waals surface area contributed by atoms with E-state index in [0.717, 1.165) is 20.3 Å². The Kier molecular flexibility index (Phi) is 5.62. The van der Waals surface area contributed by atoms with Gasteiger partial charge in [0.15, 0.2) is 16.3 Å². The molecule has 5 rings (SSSR count). The topological polar surface area (TPSA) is 79.1 Å². The van der Waals surface area contributed by atoms with Crippen molar-refractivity contribution in [1.29, 1.82) is 0 Å². The van der Waals surface area contributed by atoms with E-state index in [1.165, 1.54) is 29.8 Å². The van der Waals surface area contributed by atoms with Crippen LogP contribution in [0.3, 0.4) is 0 Å². The highest BCUT2D eigenvalue weighted by atomic mass is 35.5. The van der Waals surface area contributed by atoms with Gasteiger partial charge in [0.2, 0.25) is 0 Å². The Morgan fingerprint density at radius 3 is 2.62 bits per heavy atom. The first kappa shape index (κ1) is 21.0. The van der Waals surface area contributed by atoms with E-state index in [2.05, 4.69) is 4.99 Å². The molecular weight excluding hydrogens is 472 g/mol. The number of benzene rings is 2. The smallest absolute Gasteiger partial charge is 0.307 e. The molecule has 0 radical (unpaired) electrons. The molecule has 32 heavy (non-hydrogen) atoms. The second-order valence-corrected chi connectivity index (χ2v) is 9.42. The highest BCUT2D eigenvalue weighted by Gasteiger charge is 2.20. The van der Waals surface area contributed by atoms with Crippen molar-refractivity contribution in [2.75, 3.05) is 20.3 Å². The summed E-state index contributed by atoms with van der Waals surface area (Å²) in [6.45, 7) is 1.25. The summed E-state index contributed by atoms with van der Waals surface area (Å²) in [4.78, 5) is 30.1. The van der Waals surface area contributed by atoms with Gasteiger partial charge in [-0.2, -0.15) is 4.99 Å². The van der Waals surface area contributed by atoms with Gasteiger partial charge < -0.3 is 18.8 Å². The number of amides is 1. The van der Waals surface area contributed by atoms with Gasteiger partial charge in [-0.3, -0.25) is 9.59 Å². The Bertz CT molecular complexity index is 1440. The number of thiophene rings is 1. The van der Waals surface area contributed by atoms with Crippen LogP contribution < -0.4 is 14.3 Å². The maximum atomic E-state index is 13.1. The quantitative estimate of drug-likeness (QED) is 0.391. The molecule has 0 bridgehead atoms. The summed E-state index contributed by atoms with van der Waals surface area (Å²) in [7, 11) is 1.35. The van der Waals surface area contributed by atoms with E-state index in [4.69, 9.17) is 25.8 Å². The lowest BCUT2D eigenvalue weighted by molar-refractivity contribution is -0.140. The largest absolute Gasteiger partial charge is 0.486 e. The van der Waals surface area contributed by atoms with Crippen LogP contribution in [0.25, 0.3) is 20.3 Å². The number of aromatic nitrogens is 1. The van der Waals surface area contributed by atoms with Crippen molar-refractivity contribution >= 4 is 66.5 Å². The van der Waals surface area contributed by atoms with E-state index in [9.17, 15) is 9.59 Å². The lowest BCUT2D eigenvalue weighted by Crippen LogP contribution is -2.19. The van der Waals surface area contributed by atoms with Crippen LogP contribution in [0.15, 0.2) is 41.4 Å². The predicted octanol–water partition coefficient (Wildman–Crippen LogP) is 4.65. The molecule has 1 amide bonds. The maximum absolute atomic E-state index is 13.1. The van der Waals surface area contributed by atoms with Crippen molar-refractivity contribution in [3.8, 4) is 11.5 Å². The molecular formula is C22H17ClN2O5S2. The first-order chi connectivity index (χ1) is 15.5. The van der Waals surface area contributed by atoms with E-state index >= 15 is 0 Å². The minimum absolute atomic E-state index is 0.141. The average Bonchev–Trinajstić information content (AvgIpc) is 3.32. The van der Waals surface area contributed by atoms with Crippen LogP contribution in [-0.2, 0) is 16.1 Å². The monoisotopic (exact) mass is 488 g/mol. The van der Waals surface area contributed by atoms with Crippen molar-refractivity contribution in [3.63, 3.8) is 0 Å². The Hall–Kier alpha value is -2.88. The number of ether oxygens (including phenoxy) is 3. The van der Waals surface area contributed by atoms with Crippen LogP contribution in [0.1, 0.15) is 16.1 Å². The van der Waals surface area contributed by atoms with E-state index < -0.39 is 5.91 Å². The molecule has 0 fully saturated rings. The second kappa shape index (κ2) is 8.57. The van der Waals surface area contributed by atoms with Gasteiger partial charge >= 0.3 is 5.97 Å². The van der Waals surface area contributed by atoms with Crippen LogP contribution in [0.2, 0.25) is 5.02 Å². The van der Waals surface area contributed by atoms with Gasteiger partial charge in [0.1, 0.15) is 18.1 Å². The molecule has 4 aromatic rings. The normalized spacial score (nSPS) is 13.6. The zero-order valence-corrected chi connectivity index (χ0v) is 19.3. The summed E-state index contributed by atoms with van der Waals surface area (Å²) < 4.78 is 19.8. The Morgan fingerprint density at radius 1 is 1.12 bits per heavy atom. The summed E-state index contributed by atoms with van der Waals surface area (Å²) in [5.41, 5.74) is 0.803. The number of methoxy groups -OCH3 is 1. The third-order valence-electron chi connectivity index (χ3n) is 5.04. The van der Waals surface area contributed by atoms with Gasteiger partial charge in [0, 0.05) is 28.8 Å². The molecule has 2 aromatic heterocycles. The molecule has 7 nitrogen and oxygen atoms in total. The highest BCUT2D eigenvalue weighted by molar-refractivity contribution is 7.21. The van der Waals surface area contributed by atoms with Crippen LogP contribution in [0.4, 0.5) is 0 Å². The number of esters is 1. The Labute approximate surface area is 195 Å². The molecule has 0 atom stereocenters. The molecule has 2 aromatic carbocycles. The molecule has 0 unspecified atom stereocenters. The standard InChI is InChI=1S/C22H17ClN2O5S2/c1-28-18(26)6-7-25-13-10-14-15(30-9-8-29-14)11-17(13)32-22(25)24-21(27)20-19(23)12-4-2-3-5-16(12)31-20/h2-5,10-11H,6-9H2,1H3. The fraction of sp³-hybridized carbons (Fsp3) is 0.227. The van der Waals surface area contributed by atoms with Crippen LogP contribution in [0, 0.1) is 0 Å². The van der Waals surface area contributed by atoms with Crippen molar-refractivity contribution < 1.29 is 23.8 Å². The maximum Gasteiger partial charge on any atom is 0.307 e. The molecule has 0 spiro atoms. The lowest BCUT2D eigenvalue weighted by atomic mass is 10.2. The number of aryl methyl sites for hydroxylation is 1. The zero-order valence-electron chi connectivity index (χ0n) is 16.9. The minimum Gasteiger partial charge on any atom is -0.486 e. The number of nitrogens with zero attached hydrogens (tertiary/aromatic N) is 2. The molecule has 164 valence electrons. The fourth-order valence-electron chi connectivity index (χ4n) is 3.50. The van der Waals surface area contributed by atoms with E-state index in [1.807, 2.05) is 41.0 Å². The molecule has 1 aliphatic rings. The van der Waals surface area contributed by atoms with Gasteiger partial charge in [0.25, 0.3) is 5.91 Å². The van der Waals surface area contributed by atoms with E-state index in [0.29, 0.717) is 46.0 Å². The summed E-state index contributed by atoms with van der Waals surface area (Å²) in [6, 6.07) is 11.3. The predicted molar refractivity (Wildman–Crippen MR) is 124 cm³/mol. The summed E-state index contributed by atoms with van der Waals surface area (Å²) in [5, 5.41) is 1.23. The Balaban J connectivity index is 1.63. The van der Waals surface area contributed by atoms with Gasteiger partial charge in [0.05, 0.1) is 28.8 Å². The van der Waals surface area contributed by atoms with Crippen LogP contribution in [0.5, 0.6) is 11.5 Å². The van der Waals surface area contributed by atoms with E-state index in [1.54, 1.807) is 0 Å². The summed E-state index contributed by atoms with van der Waals surface area (Å²) in [5.74, 6) is 0.500. The number of hydrogen-bond acceptors (Lipinski definition) is 7. The summed E-state index contributed by atoms with van der Waals surface area (Å²) >= 11 is 9.13. The number of halogens is 1. The lowest BCUT2D eigenvalue weighted by Gasteiger charge is -2.18. The van der Waals surface area contributed by atoms with Gasteiger partial charge in [-0.15, -0.1) is 11.3 Å². The zero-order chi connectivity index (χ0) is 22.2. The molecule has 10 heteroatoms. The second-order valence-electron chi connectivity index (χ2n) is 6.98. The number of hydrogen-bond donors (Lipinski definition) is 0. The van der Waals surface area contributed by atoms with Crippen molar-refractivity contribution in [3.05, 3.63) is 51.1 Å². The van der Waals surface area contributed by atoms with Gasteiger partial charge in [-0.05, 0) is 6.07 Å². The van der Waals surface area contributed by atoms with Crippen molar-refractivity contribution in [2.45, 2.75) is 13.0 Å². The minimum atomic E-state index is -0.424. The third-order valence-corrected chi connectivity index (χ3v) is 7.74. The van der Waals surface area contributed by atoms with E-state index in [-0.39, 0.29) is 12.4 Å². The number of carbonyl (C=O) groups is 2. The molecule has 0 aliphatic carbocycles. The van der Waals surface area contributed by atoms with Crippen LogP contribution >= 0.6 is 34.3 Å². The van der Waals surface area contributed by atoms with Gasteiger partial charge in [-0.25, -0.2) is 0 Å². The number of fused-ring (bicyclic) bond motifs is 3. The molecule has 3 heterocycles. The fourth-order valence-corrected chi connectivity index (χ4v) is 5.96. The number of carbonyl (C=O) groups excluding carboxylic acids is 2. The molecule has 0 saturated carbocycles. The molecule has 0 saturated heterocycles. The Morgan fingerprint density at radius 2 is 1.88 bits per heavy atom. The average molecular weight is 489 g/mol. The summed E-state index contributed by atoms with van der Waals surface area (Å²) in [6.07, 6.45) is 0.141.